The summed E-state index contributed by atoms with van der Waals surface area (Å²) in [6.07, 6.45) is 0.692. The van der Waals surface area contributed by atoms with Gasteiger partial charge in [-0.15, -0.1) is 0 Å². The number of hydrogen-bond acceptors (Lipinski definition) is 3. The maximum atomic E-state index is 13.0. The van der Waals surface area contributed by atoms with Crippen molar-refractivity contribution in [2.75, 3.05) is 0 Å². The van der Waals surface area contributed by atoms with Crippen LogP contribution < -0.4 is 5.32 Å². The van der Waals surface area contributed by atoms with Gasteiger partial charge in [0.2, 0.25) is 5.91 Å². The van der Waals surface area contributed by atoms with Crippen LogP contribution in [0.2, 0.25) is 5.02 Å². The molecule has 1 aliphatic rings. The predicted octanol–water partition coefficient (Wildman–Crippen LogP) is 2.71. The lowest BCUT2D eigenvalue weighted by Crippen LogP contribution is -2.28. The Morgan fingerprint density at radius 1 is 1.50 bits per heavy atom. The molecule has 2 aromatic heterocycles. The molecule has 0 radical (unpaired) electrons. The lowest BCUT2D eigenvalue weighted by atomic mass is 10.2. The zero-order chi connectivity index (χ0) is 17.4. The molecule has 0 saturated heterocycles. The minimum absolute atomic E-state index is 0.0107. The number of carbonyl (C=O) groups excluding carboxylic acids is 1. The lowest BCUT2D eigenvalue weighted by Gasteiger charge is -2.08. The van der Waals surface area contributed by atoms with E-state index in [1.54, 1.807) is 10.9 Å². The highest BCUT2D eigenvalue weighted by Crippen LogP contribution is 2.45. The van der Waals surface area contributed by atoms with E-state index in [0.29, 0.717) is 12.2 Å². The van der Waals surface area contributed by atoms with Crippen LogP contribution in [0.3, 0.4) is 0 Å². The Kier molecular flexibility index (Phi) is 4.58. The first-order chi connectivity index (χ1) is 11.4. The van der Waals surface area contributed by atoms with E-state index in [1.165, 1.54) is 4.68 Å². The van der Waals surface area contributed by atoms with Gasteiger partial charge in [-0.25, -0.2) is 8.78 Å². The fourth-order valence-electron chi connectivity index (χ4n) is 2.58. The van der Waals surface area contributed by atoms with Crippen molar-refractivity contribution in [1.29, 1.82) is 0 Å². The molecular formula is C15H18ClF2N5O. The van der Waals surface area contributed by atoms with E-state index in [4.69, 9.17) is 11.6 Å². The second-order valence-corrected chi connectivity index (χ2v) is 6.35. The highest BCUT2D eigenvalue weighted by molar-refractivity contribution is 6.32. The van der Waals surface area contributed by atoms with Gasteiger partial charge in [-0.05, 0) is 19.8 Å². The van der Waals surface area contributed by atoms with Gasteiger partial charge in [-0.2, -0.15) is 10.2 Å². The molecule has 9 heteroatoms. The zero-order valence-electron chi connectivity index (χ0n) is 13.4. The van der Waals surface area contributed by atoms with Gasteiger partial charge in [0.15, 0.2) is 0 Å². The number of rotatable bonds is 6. The summed E-state index contributed by atoms with van der Waals surface area (Å²) in [5, 5.41) is 10.7. The number of hydrogen-bond donors (Lipinski definition) is 1. The first-order valence-electron chi connectivity index (χ1n) is 7.67. The van der Waals surface area contributed by atoms with Gasteiger partial charge in [-0.3, -0.25) is 14.2 Å². The number of amides is 1. The van der Waals surface area contributed by atoms with Crippen LogP contribution in [0.4, 0.5) is 8.78 Å². The minimum Gasteiger partial charge on any atom is -0.350 e. The summed E-state index contributed by atoms with van der Waals surface area (Å²) < 4.78 is 29.0. The average Bonchev–Trinajstić information content (AvgIpc) is 3.23. The third kappa shape index (κ3) is 3.28. The number of nitrogens with zero attached hydrogens (tertiary/aromatic N) is 4. The smallest absolute Gasteiger partial charge is 0.283 e. The Hall–Kier alpha value is -1.96. The van der Waals surface area contributed by atoms with Gasteiger partial charge in [0, 0.05) is 30.8 Å². The normalized spacial score (nSPS) is 14.4. The lowest BCUT2D eigenvalue weighted by molar-refractivity contribution is -0.122. The van der Waals surface area contributed by atoms with Crippen molar-refractivity contribution in [3.05, 3.63) is 33.9 Å². The molecule has 0 aromatic carbocycles. The van der Waals surface area contributed by atoms with E-state index in [2.05, 4.69) is 15.5 Å². The van der Waals surface area contributed by atoms with Crippen LogP contribution in [0, 0.1) is 6.92 Å². The van der Waals surface area contributed by atoms with Crippen LogP contribution in [0.1, 0.15) is 47.8 Å². The fraction of sp³-hybridized carbons (Fsp3) is 0.533. The van der Waals surface area contributed by atoms with E-state index >= 15 is 0 Å². The molecule has 0 spiro atoms. The molecule has 3 rings (SSSR count). The fourth-order valence-corrected chi connectivity index (χ4v) is 2.95. The van der Waals surface area contributed by atoms with Crippen molar-refractivity contribution < 1.29 is 13.6 Å². The largest absolute Gasteiger partial charge is 0.350 e. The molecule has 1 fully saturated rings. The third-order valence-electron chi connectivity index (χ3n) is 4.23. The molecule has 0 aliphatic heterocycles. The number of nitrogens with one attached hydrogen (secondary N) is 1. The first kappa shape index (κ1) is 16.9. The van der Waals surface area contributed by atoms with Crippen molar-refractivity contribution in [3.63, 3.8) is 0 Å². The Morgan fingerprint density at radius 2 is 2.21 bits per heavy atom. The molecule has 24 heavy (non-hydrogen) atoms. The van der Waals surface area contributed by atoms with Gasteiger partial charge >= 0.3 is 0 Å². The molecule has 0 bridgehead atoms. The van der Waals surface area contributed by atoms with Crippen LogP contribution >= 0.6 is 11.6 Å². The van der Waals surface area contributed by atoms with Gasteiger partial charge in [0.05, 0.1) is 16.9 Å². The Balaban J connectivity index is 1.70. The van der Waals surface area contributed by atoms with Crippen molar-refractivity contribution in [2.24, 2.45) is 7.05 Å². The Labute approximate surface area is 142 Å². The summed E-state index contributed by atoms with van der Waals surface area (Å²) in [7, 11) is 1.82. The number of alkyl halides is 2. The monoisotopic (exact) mass is 357 g/mol. The van der Waals surface area contributed by atoms with Crippen molar-refractivity contribution >= 4 is 17.5 Å². The first-order valence-corrected chi connectivity index (χ1v) is 8.04. The Morgan fingerprint density at radius 3 is 2.75 bits per heavy atom. The average molecular weight is 358 g/mol. The highest BCUT2D eigenvalue weighted by Gasteiger charge is 2.34. The third-order valence-corrected chi connectivity index (χ3v) is 4.62. The second kappa shape index (κ2) is 6.51. The Bertz CT molecular complexity index is 766. The van der Waals surface area contributed by atoms with E-state index in [-0.39, 0.29) is 23.4 Å². The minimum atomic E-state index is -2.75. The standard InChI is InChI=1S/C15H18ClF2N5O/c1-8-10(6-20-22(8)2)5-19-11(24)7-23-14(9-3-4-9)12(16)13(21-23)15(17)18/h6,9,15H,3-5,7H2,1-2H3,(H,19,24). The van der Waals surface area contributed by atoms with Crippen LogP contribution in [0.5, 0.6) is 0 Å². The SMILES string of the molecule is Cc1c(CNC(=O)Cn2nc(C(F)F)c(Cl)c2C2CC2)cnn1C. The predicted molar refractivity (Wildman–Crippen MR) is 84.0 cm³/mol. The number of aryl methyl sites for hydroxylation is 1. The summed E-state index contributed by atoms with van der Waals surface area (Å²) in [6.45, 7) is 2.10. The summed E-state index contributed by atoms with van der Waals surface area (Å²) in [4.78, 5) is 12.2. The van der Waals surface area contributed by atoms with Crippen LogP contribution in [0.25, 0.3) is 0 Å². The van der Waals surface area contributed by atoms with Crippen LogP contribution in [0.15, 0.2) is 6.20 Å². The molecule has 2 aromatic rings. The number of carbonyl (C=O) groups is 1. The van der Waals surface area contributed by atoms with E-state index in [0.717, 1.165) is 24.1 Å². The highest BCUT2D eigenvalue weighted by atomic mass is 35.5. The number of aromatic nitrogens is 4. The van der Waals surface area contributed by atoms with Gasteiger partial charge in [0.25, 0.3) is 6.43 Å². The van der Waals surface area contributed by atoms with E-state index in [9.17, 15) is 13.6 Å². The van der Waals surface area contributed by atoms with Gasteiger partial charge in [-0.1, -0.05) is 11.6 Å². The summed E-state index contributed by atoms with van der Waals surface area (Å²) in [6, 6.07) is 0. The van der Waals surface area contributed by atoms with E-state index < -0.39 is 12.1 Å². The van der Waals surface area contributed by atoms with E-state index in [1.807, 2.05) is 14.0 Å². The molecule has 1 aliphatic carbocycles. The molecule has 2 heterocycles. The maximum Gasteiger partial charge on any atom is 0.283 e. The zero-order valence-corrected chi connectivity index (χ0v) is 14.1. The molecule has 0 unspecified atom stereocenters. The molecule has 6 nitrogen and oxygen atoms in total. The second-order valence-electron chi connectivity index (χ2n) is 5.97. The summed E-state index contributed by atoms with van der Waals surface area (Å²) in [5.74, 6) is -0.189. The summed E-state index contributed by atoms with van der Waals surface area (Å²) >= 11 is 6.03. The molecule has 1 N–H and O–H groups in total. The van der Waals surface area contributed by atoms with Crippen molar-refractivity contribution in [1.82, 2.24) is 24.9 Å². The molecule has 130 valence electrons. The summed E-state index contributed by atoms with van der Waals surface area (Å²) in [5.41, 5.74) is 1.95. The van der Waals surface area contributed by atoms with Gasteiger partial charge in [0.1, 0.15) is 12.2 Å². The van der Waals surface area contributed by atoms with Crippen molar-refractivity contribution in [3.8, 4) is 0 Å². The quantitative estimate of drug-likeness (QED) is 0.864. The van der Waals surface area contributed by atoms with Gasteiger partial charge < -0.3 is 5.32 Å². The topological polar surface area (TPSA) is 64.7 Å². The molecule has 1 amide bonds. The molecular weight excluding hydrogens is 340 g/mol. The van der Waals surface area contributed by atoms with Crippen LogP contribution in [-0.2, 0) is 24.9 Å². The van der Waals surface area contributed by atoms with Crippen LogP contribution in [-0.4, -0.2) is 25.5 Å². The maximum absolute atomic E-state index is 13.0. The molecule has 1 saturated carbocycles. The number of halogens is 3. The van der Waals surface area contributed by atoms with Crippen molar-refractivity contribution in [2.45, 2.75) is 45.2 Å². The molecule has 0 atom stereocenters.